The lowest BCUT2D eigenvalue weighted by Crippen LogP contribution is -2.27. The molecule has 0 fully saturated rings. The molecule has 2 aliphatic heterocycles. The first kappa shape index (κ1) is 49.0. The van der Waals surface area contributed by atoms with Crippen LogP contribution in [0.3, 0.4) is 0 Å². The molecular weight excluding hydrogens is 1020 g/mol. The molecule has 79 heavy (non-hydrogen) atoms. The lowest BCUT2D eigenvalue weighted by molar-refractivity contribution is -0.156. The predicted octanol–water partition coefficient (Wildman–Crippen LogP) is 9.57. The molecule has 8 aromatic carbocycles. The second-order valence-corrected chi connectivity index (χ2v) is 19.1. The molecule has 17 nitrogen and oxygen atoms in total. The van der Waals surface area contributed by atoms with Crippen LogP contribution in [0.25, 0.3) is 44.5 Å². The van der Waals surface area contributed by atoms with Crippen molar-refractivity contribution in [3.8, 4) is 44.5 Å². The zero-order valence-electron chi connectivity index (χ0n) is 41.0. The minimum Gasteiger partial charge on any atom is -0.478 e. The van der Waals surface area contributed by atoms with E-state index in [0.29, 0.717) is 33.4 Å². The summed E-state index contributed by atoms with van der Waals surface area (Å²) in [5.41, 5.74) is 8.95. The summed E-state index contributed by atoms with van der Waals surface area (Å²) in [6.45, 7) is 2.36. The maximum atomic E-state index is 12.5. The van der Waals surface area contributed by atoms with Crippen molar-refractivity contribution in [1.29, 1.82) is 0 Å². The number of rotatable bonds is 4. The molecule has 6 aliphatic rings. The van der Waals surface area contributed by atoms with Crippen LogP contribution in [-0.2, 0) is 34.6 Å². The number of hydrogen-bond acceptors (Lipinski definition) is 13. The van der Waals surface area contributed by atoms with Crippen molar-refractivity contribution < 1.29 is 82.6 Å². The number of carbonyl (C=O) groups is 10. The van der Waals surface area contributed by atoms with Gasteiger partial charge in [0, 0.05) is 13.8 Å². The fourth-order valence-electron chi connectivity index (χ4n) is 12.4. The van der Waals surface area contributed by atoms with Crippen molar-refractivity contribution in [2.75, 3.05) is 0 Å². The molecule has 384 valence electrons. The fourth-order valence-corrected chi connectivity index (χ4v) is 12.4. The van der Waals surface area contributed by atoms with Gasteiger partial charge in [-0.05, 0) is 138 Å². The van der Waals surface area contributed by atoms with Gasteiger partial charge in [0.1, 0.15) is 0 Å². The second-order valence-electron chi connectivity index (χ2n) is 19.1. The van der Waals surface area contributed by atoms with Gasteiger partial charge in [0.15, 0.2) is 0 Å². The highest BCUT2D eigenvalue weighted by Gasteiger charge is 2.55. The van der Waals surface area contributed by atoms with E-state index in [2.05, 4.69) is 16.9 Å². The summed E-state index contributed by atoms with van der Waals surface area (Å²) in [7, 11) is 0. The fraction of sp³-hybridized carbons (Fsp3) is 0.0645. The summed E-state index contributed by atoms with van der Waals surface area (Å²) in [6.07, 6.45) is 0. The zero-order chi connectivity index (χ0) is 55.7. The molecule has 0 amide bonds. The third-order valence-electron chi connectivity index (χ3n) is 15.2. The second kappa shape index (κ2) is 17.3. The molecule has 0 saturated heterocycles. The van der Waals surface area contributed by atoms with Crippen LogP contribution in [0.4, 0.5) is 0 Å². The molecule has 0 unspecified atom stereocenters. The number of carboxylic acids is 4. The Morgan fingerprint density at radius 2 is 0.557 bits per heavy atom. The minimum absolute atomic E-state index is 0.190. The summed E-state index contributed by atoms with van der Waals surface area (Å²) in [5.74, 6) is -9.63. The van der Waals surface area contributed by atoms with Crippen molar-refractivity contribution in [1.82, 2.24) is 0 Å². The van der Waals surface area contributed by atoms with Gasteiger partial charge < -0.3 is 34.6 Å². The van der Waals surface area contributed by atoms with Crippen LogP contribution < -0.4 is 0 Å². The van der Waals surface area contributed by atoms with Crippen LogP contribution in [0.15, 0.2) is 146 Å². The summed E-state index contributed by atoms with van der Waals surface area (Å²) in [5, 5.41) is 39.4. The van der Waals surface area contributed by atoms with Gasteiger partial charge in [-0.15, -0.1) is 0 Å². The number of esters is 6. The molecule has 2 heterocycles. The lowest BCUT2D eigenvalue weighted by atomic mass is 9.70. The Morgan fingerprint density at radius 3 is 0.823 bits per heavy atom. The Bertz CT molecular complexity index is 4020. The summed E-state index contributed by atoms with van der Waals surface area (Å²) >= 11 is 0. The van der Waals surface area contributed by atoms with E-state index >= 15 is 0 Å². The van der Waals surface area contributed by atoms with Crippen molar-refractivity contribution in [3.05, 3.63) is 235 Å². The molecule has 0 saturated carbocycles. The average molecular weight is 1050 g/mol. The Balaban J connectivity index is 0.000000141. The zero-order valence-corrected chi connectivity index (χ0v) is 41.0. The van der Waals surface area contributed by atoms with Crippen molar-refractivity contribution in [2.45, 2.75) is 24.7 Å². The first-order valence-corrected chi connectivity index (χ1v) is 24.1. The van der Waals surface area contributed by atoms with Gasteiger partial charge in [-0.3, -0.25) is 9.59 Å². The Morgan fingerprint density at radius 1 is 0.316 bits per heavy atom. The highest BCUT2D eigenvalue weighted by atomic mass is 16.6. The maximum Gasteiger partial charge on any atom is 0.346 e. The molecule has 4 N–H and O–H groups in total. The number of carboxylic acid groups (broad SMARTS) is 4. The molecule has 17 heteroatoms. The van der Waals surface area contributed by atoms with Gasteiger partial charge in [-0.25, -0.2) is 38.4 Å². The lowest BCUT2D eigenvalue weighted by Gasteiger charge is -2.31. The Labute approximate surface area is 444 Å². The molecule has 14 rings (SSSR count). The summed E-state index contributed by atoms with van der Waals surface area (Å²) in [6, 6.07) is 42.9. The third kappa shape index (κ3) is 6.75. The molecule has 0 radical (unpaired) electrons. The van der Waals surface area contributed by atoms with Gasteiger partial charge in [0.25, 0.3) is 0 Å². The smallest absolute Gasteiger partial charge is 0.346 e. The van der Waals surface area contributed by atoms with Crippen molar-refractivity contribution >= 4 is 59.7 Å². The van der Waals surface area contributed by atoms with E-state index in [1.54, 1.807) is 24.3 Å². The molecule has 8 aromatic rings. The van der Waals surface area contributed by atoms with Gasteiger partial charge in [-0.1, -0.05) is 97.1 Å². The van der Waals surface area contributed by atoms with Crippen LogP contribution in [0, 0.1) is 0 Å². The Hall–Kier alpha value is -10.9. The van der Waals surface area contributed by atoms with E-state index in [1.807, 2.05) is 84.9 Å². The molecule has 2 spiro atoms. The SMILES string of the molecule is CC(=O)OC(C)=O.O=C(O)c1cc2c(cc1C(=O)O)C1(c3ccccc3-c3ccccc31)c1cc(C(=O)O)c(C(=O)O)cc1-2.O=C1OC(=O)c2cc3c(cc21)-c1cc2c(cc1C31c3ccccc3-c3ccccc31)C(=O)OC2=O. The molecule has 0 atom stereocenters. The number of benzene rings is 8. The third-order valence-corrected chi connectivity index (χ3v) is 15.2. The number of fused-ring (bicyclic) bond motifs is 22. The summed E-state index contributed by atoms with van der Waals surface area (Å²) in [4.78, 5) is 118. The number of ether oxygens (including phenoxy) is 3. The van der Waals surface area contributed by atoms with Gasteiger partial charge >= 0.3 is 59.7 Å². The van der Waals surface area contributed by atoms with Crippen LogP contribution in [-0.4, -0.2) is 80.1 Å². The summed E-state index contributed by atoms with van der Waals surface area (Å²) < 4.78 is 13.8. The maximum absolute atomic E-state index is 12.5. The first-order chi connectivity index (χ1) is 37.8. The first-order valence-electron chi connectivity index (χ1n) is 24.1. The van der Waals surface area contributed by atoms with E-state index in [4.69, 9.17) is 9.47 Å². The predicted molar refractivity (Wildman–Crippen MR) is 275 cm³/mol. The number of hydrogen-bond donors (Lipinski definition) is 4. The quantitative estimate of drug-likeness (QED) is 0.0725. The van der Waals surface area contributed by atoms with E-state index in [0.717, 1.165) is 55.6 Å². The number of cyclic esters (lactones) is 4. The normalized spacial score (nSPS) is 14.5. The van der Waals surface area contributed by atoms with E-state index < -0.39 is 92.8 Å². The van der Waals surface area contributed by atoms with Gasteiger partial charge in [-0.2, -0.15) is 0 Å². The van der Waals surface area contributed by atoms with Crippen LogP contribution >= 0.6 is 0 Å². The van der Waals surface area contributed by atoms with E-state index in [9.17, 15) is 68.4 Å². The van der Waals surface area contributed by atoms with E-state index in [-0.39, 0.29) is 22.3 Å². The van der Waals surface area contributed by atoms with Gasteiger partial charge in [0.05, 0.1) is 55.3 Å². The number of aromatic carboxylic acids is 4. The van der Waals surface area contributed by atoms with Crippen molar-refractivity contribution in [2.24, 2.45) is 0 Å². The van der Waals surface area contributed by atoms with Crippen molar-refractivity contribution in [3.63, 3.8) is 0 Å². The van der Waals surface area contributed by atoms with Crippen LogP contribution in [0.1, 0.15) is 141 Å². The minimum atomic E-state index is -1.45. The number of carbonyl (C=O) groups excluding carboxylic acids is 6. The monoisotopic (exact) mass is 1050 g/mol. The Kier molecular flexibility index (Phi) is 10.7. The highest BCUT2D eigenvalue weighted by Crippen LogP contribution is 2.65. The average Bonchev–Trinajstić information content (AvgIpc) is 2.21. The molecule has 4 aliphatic carbocycles. The van der Waals surface area contributed by atoms with Crippen LogP contribution in [0.5, 0.6) is 0 Å². The molecular formula is C62H34O17. The van der Waals surface area contributed by atoms with E-state index in [1.165, 1.54) is 38.1 Å². The topological polar surface area (TPSA) is 279 Å². The van der Waals surface area contributed by atoms with Gasteiger partial charge in [0.2, 0.25) is 0 Å². The molecule has 0 aromatic heterocycles. The largest absolute Gasteiger partial charge is 0.478 e. The van der Waals surface area contributed by atoms with Crippen LogP contribution in [0.2, 0.25) is 0 Å². The molecule has 0 bridgehead atoms. The standard InChI is InChI=1S/C29H16O8.C29H12O6.C4H6O3/c30-25(31)17-9-15-16-10-18(26(32)33)20(28(36)37)12-24(16)29(23(15)11-19(17)27(34)35)21-7-3-1-5-13(21)14-6-2-4-8-22(14)29;30-25-17-9-15-16-10-18-20(28(33)35-26(18)31)12-24(16)29(23(15)11-19(17)27(32)34-25)21-7-3-1-5-13(21)14-6-2-4-8-22(14)29;1-3(5)7-4(2)6/h1-12H,(H,30,31)(H,32,33)(H,34,35)(H,36,37);1-12H;1-2H3. The highest BCUT2D eigenvalue weighted by molar-refractivity contribution is 6.18.